The average molecular weight is 528 g/mol. The van der Waals surface area contributed by atoms with Crippen LogP contribution in [0.2, 0.25) is 5.02 Å². The summed E-state index contributed by atoms with van der Waals surface area (Å²) in [7, 11) is 1.33. The molecule has 0 saturated carbocycles. The summed E-state index contributed by atoms with van der Waals surface area (Å²) in [6, 6.07) is 11.8. The number of allylic oxidation sites excluding steroid dienone is 1. The third kappa shape index (κ3) is 4.84. The number of nitrogens with one attached hydrogen (secondary N) is 2. The van der Waals surface area contributed by atoms with E-state index in [4.69, 9.17) is 25.8 Å². The lowest BCUT2D eigenvalue weighted by Crippen LogP contribution is -2.31. The van der Waals surface area contributed by atoms with E-state index < -0.39 is 6.04 Å². The largest absolute Gasteiger partial charge is 0.486 e. The Kier molecular flexibility index (Phi) is 6.75. The molecule has 1 atom stereocenters. The predicted octanol–water partition coefficient (Wildman–Crippen LogP) is 3.90. The van der Waals surface area contributed by atoms with Crippen LogP contribution in [0.3, 0.4) is 0 Å². The fraction of sp³-hybridized carbons (Fsp3) is 0.250. The minimum absolute atomic E-state index is 0.0587. The van der Waals surface area contributed by atoms with Crippen LogP contribution in [0.1, 0.15) is 18.5 Å². The van der Waals surface area contributed by atoms with Crippen molar-refractivity contribution in [3.63, 3.8) is 0 Å². The number of hydrogen-bond donors (Lipinski definition) is 2. The van der Waals surface area contributed by atoms with Crippen molar-refractivity contribution in [2.75, 3.05) is 36.7 Å². The number of carbonyl (C=O) groups is 2. The standard InChI is InChI=1S/C24H22ClN5O5S/c1-13-20(22(32)27-16-5-3-4-15(25)11-16)21(14-6-7-17-18(10-14)35-9-8-34-17)30-23(26-13)28-24(29-30)36-12-19(31)33-2/h3-7,10-11,21H,8-9,12H2,1-2H3,(H,27,32)(H,26,28,29). The minimum Gasteiger partial charge on any atom is -0.486 e. The Bertz CT molecular complexity index is 1370. The lowest BCUT2D eigenvalue weighted by Gasteiger charge is -2.29. The summed E-state index contributed by atoms with van der Waals surface area (Å²) in [6.45, 7) is 2.71. The number of rotatable bonds is 6. The van der Waals surface area contributed by atoms with E-state index in [-0.39, 0.29) is 17.6 Å². The summed E-state index contributed by atoms with van der Waals surface area (Å²) < 4.78 is 17.8. The van der Waals surface area contributed by atoms with Gasteiger partial charge in [-0.25, -0.2) is 4.68 Å². The molecule has 1 amide bonds. The van der Waals surface area contributed by atoms with E-state index in [1.54, 1.807) is 35.9 Å². The van der Waals surface area contributed by atoms with Gasteiger partial charge in [0.25, 0.3) is 5.91 Å². The Hall–Kier alpha value is -3.70. The van der Waals surface area contributed by atoms with Crippen molar-refractivity contribution in [3.05, 3.63) is 64.3 Å². The maximum atomic E-state index is 13.6. The van der Waals surface area contributed by atoms with Crippen LogP contribution in [0.5, 0.6) is 11.5 Å². The maximum Gasteiger partial charge on any atom is 0.316 e. The fourth-order valence-electron chi connectivity index (χ4n) is 3.97. The van der Waals surface area contributed by atoms with Crippen molar-refractivity contribution >= 4 is 46.9 Å². The third-order valence-electron chi connectivity index (χ3n) is 5.59. The van der Waals surface area contributed by atoms with E-state index >= 15 is 0 Å². The van der Waals surface area contributed by atoms with Gasteiger partial charge in [0.15, 0.2) is 11.5 Å². The molecule has 10 nitrogen and oxygen atoms in total. The van der Waals surface area contributed by atoms with Crippen molar-refractivity contribution in [1.82, 2.24) is 14.8 Å². The van der Waals surface area contributed by atoms with E-state index in [9.17, 15) is 9.59 Å². The second-order valence-corrected chi connectivity index (χ2v) is 9.34. The normalized spacial score (nSPS) is 16.1. The molecule has 3 aromatic rings. The molecule has 0 aliphatic carbocycles. The number of thioether (sulfide) groups is 1. The Morgan fingerprint density at radius 1 is 1.22 bits per heavy atom. The first-order valence-corrected chi connectivity index (χ1v) is 12.4. The predicted molar refractivity (Wildman–Crippen MR) is 135 cm³/mol. The number of halogens is 1. The highest BCUT2D eigenvalue weighted by molar-refractivity contribution is 7.99. The molecular weight excluding hydrogens is 506 g/mol. The van der Waals surface area contributed by atoms with E-state index in [2.05, 4.69) is 20.7 Å². The van der Waals surface area contributed by atoms with Gasteiger partial charge in [0.2, 0.25) is 11.1 Å². The highest BCUT2D eigenvalue weighted by Crippen LogP contribution is 2.40. The maximum absolute atomic E-state index is 13.6. The van der Waals surface area contributed by atoms with E-state index in [1.165, 1.54) is 7.11 Å². The van der Waals surface area contributed by atoms with Crippen LogP contribution in [0.25, 0.3) is 0 Å². The Balaban J connectivity index is 1.55. The molecule has 186 valence electrons. The van der Waals surface area contributed by atoms with E-state index in [1.807, 2.05) is 18.2 Å². The number of nitrogens with zero attached hydrogens (tertiary/aromatic N) is 3. The van der Waals surface area contributed by atoms with Crippen LogP contribution in [0.15, 0.2) is 58.9 Å². The molecule has 36 heavy (non-hydrogen) atoms. The first-order valence-electron chi connectivity index (χ1n) is 11.0. The summed E-state index contributed by atoms with van der Waals surface area (Å²) in [5.74, 6) is 1.01. The quantitative estimate of drug-likeness (QED) is 0.363. The number of aromatic nitrogens is 3. The van der Waals surface area contributed by atoms with Gasteiger partial charge < -0.3 is 24.8 Å². The zero-order valence-corrected chi connectivity index (χ0v) is 21.0. The van der Waals surface area contributed by atoms with Crippen molar-refractivity contribution in [2.45, 2.75) is 18.1 Å². The molecule has 0 saturated heterocycles. The first kappa shape index (κ1) is 24.0. The number of hydrogen-bond acceptors (Lipinski definition) is 9. The second kappa shape index (κ2) is 10.1. The molecule has 2 aromatic carbocycles. The Morgan fingerprint density at radius 2 is 2.03 bits per heavy atom. The molecule has 0 bridgehead atoms. The van der Waals surface area contributed by atoms with Gasteiger partial charge in [-0.1, -0.05) is 35.5 Å². The van der Waals surface area contributed by atoms with E-state index in [0.717, 1.165) is 17.3 Å². The van der Waals surface area contributed by atoms with Gasteiger partial charge in [-0.15, -0.1) is 5.10 Å². The number of ether oxygens (including phenoxy) is 3. The topological polar surface area (TPSA) is 117 Å². The van der Waals surface area contributed by atoms with Crippen LogP contribution in [-0.4, -0.2) is 52.7 Å². The molecule has 2 aliphatic rings. The molecule has 0 fully saturated rings. The number of benzene rings is 2. The first-order chi connectivity index (χ1) is 17.4. The summed E-state index contributed by atoms with van der Waals surface area (Å²) in [4.78, 5) is 29.7. The number of anilines is 2. The van der Waals surface area contributed by atoms with E-state index in [0.29, 0.717) is 57.8 Å². The summed E-state index contributed by atoms with van der Waals surface area (Å²) in [5, 5.41) is 11.6. The monoisotopic (exact) mass is 527 g/mol. The van der Waals surface area contributed by atoms with Crippen LogP contribution in [0, 0.1) is 0 Å². The fourth-order valence-corrected chi connectivity index (χ4v) is 4.82. The number of amides is 1. The van der Waals surface area contributed by atoms with Gasteiger partial charge in [0.1, 0.15) is 19.3 Å². The lowest BCUT2D eigenvalue weighted by atomic mass is 9.94. The average Bonchev–Trinajstić information content (AvgIpc) is 3.28. The Labute approximate surface area is 216 Å². The SMILES string of the molecule is COC(=O)CSc1nc2n(n1)C(c1ccc3c(c1)OCCO3)C(C(=O)Nc1cccc(Cl)c1)=C(C)N2. The summed E-state index contributed by atoms with van der Waals surface area (Å²) in [6.07, 6.45) is 0. The molecule has 2 aliphatic heterocycles. The zero-order valence-electron chi connectivity index (χ0n) is 19.4. The summed E-state index contributed by atoms with van der Waals surface area (Å²) >= 11 is 7.25. The molecule has 2 N–H and O–H groups in total. The molecular formula is C24H22ClN5O5S. The number of methoxy groups -OCH3 is 1. The highest BCUT2D eigenvalue weighted by atomic mass is 35.5. The van der Waals surface area contributed by atoms with Crippen LogP contribution < -0.4 is 20.1 Å². The second-order valence-electron chi connectivity index (χ2n) is 7.96. The van der Waals surface area contributed by atoms with Crippen LogP contribution in [-0.2, 0) is 14.3 Å². The number of esters is 1. The molecule has 0 spiro atoms. The minimum atomic E-state index is -0.628. The van der Waals surface area contributed by atoms with Crippen LogP contribution in [0.4, 0.5) is 11.6 Å². The van der Waals surface area contributed by atoms with Gasteiger partial charge in [-0.2, -0.15) is 4.98 Å². The summed E-state index contributed by atoms with van der Waals surface area (Å²) in [5.41, 5.74) is 2.37. The smallest absolute Gasteiger partial charge is 0.316 e. The molecule has 1 aromatic heterocycles. The third-order valence-corrected chi connectivity index (χ3v) is 6.64. The van der Waals surface area contributed by atoms with Crippen LogP contribution >= 0.6 is 23.4 Å². The highest BCUT2D eigenvalue weighted by Gasteiger charge is 2.35. The van der Waals surface area contributed by atoms with Crippen molar-refractivity contribution < 1.29 is 23.8 Å². The van der Waals surface area contributed by atoms with Gasteiger partial charge in [0.05, 0.1) is 18.4 Å². The number of fused-ring (bicyclic) bond motifs is 2. The van der Waals surface area contributed by atoms with Gasteiger partial charge in [0, 0.05) is 16.4 Å². The Morgan fingerprint density at radius 3 is 2.81 bits per heavy atom. The van der Waals surface area contributed by atoms with Crippen molar-refractivity contribution in [3.8, 4) is 11.5 Å². The van der Waals surface area contributed by atoms with Crippen molar-refractivity contribution in [2.24, 2.45) is 0 Å². The number of carbonyl (C=O) groups excluding carboxylic acids is 2. The molecule has 12 heteroatoms. The molecule has 3 heterocycles. The van der Waals surface area contributed by atoms with Crippen molar-refractivity contribution in [1.29, 1.82) is 0 Å². The molecule has 5 rings (SSSR count). The molecule has 0 radical (unpaired) electrons. The van der Waals surface area contributed by atoms with Gasteiger partial charge in [-0.05, 0) is 42.8 Å². The lowest BCUT2D eigenvalue weighted by molar-refractivity contribution is -0.137. The molecule has 1 unspecified atom stereocenters. The zero-order chi connectivity index (χ0) is 25.2. The van der Waals surface area contributed by atoms with Gasteiger partial charge >= 0.3 is 5.97 Å². The van der Waals surface area contributed by atoms with Gasteiger partial charge in [-0.3, -0.25) is 9.59 Å².